The average Bonchev–Trinajstić information content (AvgIpc) is 2.58. The van der Waals surface area contributed by atoms with Crippen LogP contribution in [0.15, 0.2) is 30.3 Å². The van der Waals surface area contributed by atoms with E-state index in [2.05, 4.69) is 10.6 Å². The third-order valence-corrected chi connectivity index (χ3v) is 3.57. The smallest absolute Gasteiger partial charge is 0.408 e. The van der Waals surface area contributed by atoms with E-state index in [9.17, 15) is 14.4 Å². The predicted molar refractivity (Wildman–Crippen MR) is 103 cm³/mol. The van der Waals surface area contributed by atoms with E-state index < -0.39 is 35.2 Å². The van der Waals surface area contributed by atoms with Crippen molar-refractivity contribution < 1.29 is 28.6 Å². The molecule has 8 nitrogen and oxygen atoms in total. The highest BCUT2D eigenvalue weighted by Crippen LogP contribution is 2.10. The summed E-state index contributed by atoms with van der Waals surface area (Å²) in [6, 6.07) is 8.41. The fraction of sp³-hybridized carbons (Fsp3) is 0.550. The van der Waals surface area contributed by atoms with E-state index in [1.54, 1.807) is 20.8 Å². The van der Waals surface area contributed by atoms with E-state index in [0.29, 0.717) is 0 Å². The Balaban J connectivity index is 2.66. The summed E-state index contributed by atoms with van der Waals surface area (Å²) in [4.78, 5) is 36.5. The number of hydrogen-bond donors (Lipinski definition) is 2. The van der Waals surface area contributed by atoms with Crippen molar-refractivity contribution in [2.75, 3.05) is 13.7 Å². The van der Waals surface area contributed by atoms with Gasteiger partial charge in [0.2, 0.25) is 5.91 Å². The predicted octanol–water partition coefficient (Wildman–Crippen LogP) is 2.16. The average molecular weight is 394 g/mol. The van der Waals surface area contributed by atoms with Gasteiger partial charge in [-0.1, -0.05) is 30.3 Å². The Morgan fingerprint density at radius 3 is 2.18 bits per heavy atom. The van der Waals surface area contributed by atoms with Crippen LogP contribution in [-0.4, -0.2) is 48.9 Å². The molecule has 1 aromatic carbocycles. The normalized spacial score (nSPS) is 12.6. The molecule has 0 spiro atoms. The summed E-state index contributed by atoms with van der Waals surface area (Å²) >= 11 is 0. The summed E-state index contributed by atoms with van der Waals surface area (Å²) in [5, 5.41) is 5.04. The van der Waals surface area contributed by atoms with E-state index in [1.807, 2.05) is 30.3 Å². The minimum absolute atomic E-state index is 0.0736. The van der Waals surface area contributed by atoms with Crippen molar-refractivity contribution in [2.45, 2.75) is 58.4 Å². The van der Waals surface area contributed by atoms with Crippen LogP contribution in [0.2, 0.25) is 0 Å². The number of esters is 1. The van der Waals surface area contributed by atoms with Crippen molar-refractivity contribution in [2.24, 2.45) is 0 Å². The molecule has 0 radical (unpaired) electrons. The highest BCUT2D eigenvalue weighted by atomic mass is 16.6. The van der Waals surface area contributed by atoms with Crippen molar-refractivity contribution in [3.05, 3.63) is 35.9 Å². The Kier molecular flexibility index (Phi) is 8.43. The molecule has 0 fully saturated rings. The third-order valence-electron chi connectivity index (χ3n) is 3.57. The van der Waals surface area contributed by atoms with Crippen molar-refractivity contribution in [3.8, 4) is 0 Å². The molecular weight excluding hydrogens is 364 g/mol. The van der Waals surface area contributed by atoms with Gasteiger partial charge in [-0.2, -0.15) is 0 Å². The van der Waals surface area contributed by atoms with Gasteiger partial charge in [-0.3, -0.25) is 4.79 Å². The maximum atomic E-state index is 12.6. The number of ether oxygens (including phenoxy) is 3. The Hall–Kier alpha value is -2.61. The van der Waals surface area contributed by atoms with Crippen LogP contribution in [0.1, 0.15) is 40.2 Å². The zero-order valence-corrected chi connectivity index (χ0v) is 17.3. The molecule has 1 aromatic rings. The molecular formula is C20H30N2O6. The SMILES string of the molecule is COC(=O)[C@@H](COCc1ccccc1)NC(=O)C(C)(C)NC(=O)OC(C)(C)C. The number of carbonyl (C=O) groups is 3. The first-order chi connectivity index (χ1) is 12.9. The lowest BCUT2D eigenvalue weighted by molar-refractivity contribution is -0.147. The number of carbonyl (C=O) groups excluding carboxylic acids is 3. The minimum atomic E-state index is -1.31. The summed E-state index contributed by atoms with van der Waals surface area (Å²) < 4.78 is 15.4. The number of rotatable bonds is 8. The van der Waals surface area contributed by atoms with Gasteiger partial charge in [0.1, 0.15) is 11.1 Å². The number of amides is 2. The Morgan fingerprint density at radius 2 is 1.64 bits per heavy atom. The standard InChI is InChI=1S/C20H30N2O6/c1-19(2,3)28-18(25)22-20(4,5)17(24)21-15(16(23)26-6)13-27-12-14-10-8-7-9-11-14/h7-11,15H,12-13H2,1-6H3,(H,21,24)(H,22,25)/t15-/m1/s1. The molecule has 2 N–H and O–H groups in total. The molecule has 0 aliphatic heterocycles. The first-order valence-electron chi connectivity index (χ1n) is 8.96. The van der Waals surface area contributed by atoms with Gasteiger partial charge in [0.15, 0.2) is 6.04 Å². The van der Waals surface area contributed by atoms with Gasteiger partial charge in [0.05, 0.1) is 20.3 Å². The second kappa shape index (κ2) is 10.1. The molecule has 0 saturated heterocycles. The van der Waals surface area contributed by atoms with Gasteiger partial charge in [-0.15, -0.1) is 0 Å². The monoisotopic (exact) mass is 394 g/mol. The molecule has 2 amide bonds. The van der Waals surface area contributed by atoms with Gasteiger partial charge >= 0.3 is 12.1 Å². The van der Waals surface area contributed by atoms with Gasteiger partial charge in [0, 0.05) is 0 Å². The fourth-order valence-corrected chi connectivity index (χ4v) is 2.13. The maximum absolute atomic E-state index is 12.6. The van der Waals surface area contributed by atoms with E-state index in [1.165, 1.54) is 21.0 Å². The summed E-state index contributed by atoms with van der Waals surface area (Å²) in [6.45, 7) is 8.38. The molecule has 1 rings (SSSR count). The van der Waals surface area contributed by atoms with Crippen molar-refractivity contribution in [1.82, 2.24) is 10.6 Å². The third kappa shape index (κ3) is 8.39. The molecule has 0 aliphatic rings. The largest absolute Gasteiger partial charge is 0.467 e. The van der Waals surface area contributed by atoms with Gasteiger partial charge in [-0.25, -0.2) is 9.59 Å². The lowest BCUT2D eigenvalue weighted by atomic mass is 10.0. The van der Waals surface area contributed by atoms with Gasteiger partial charge in [0.25, 0.3) is 0 Å². The quantitative estimate of drug-likeness (QED) is 0.655. The highest BCUT2D eigenvalue weighted by Gasteiger charge is 2.34. The second-order valence-electron chi connectivity index (χ2n) is 7.80. The second-order valence-corrected chi connectivity index (χ2v) is 7.80. The van der Waals surface area contributed by atoms with E-state index in [-0.39, 0.29) is 13.2 Å². The van der Waals surface area contributed by atoms with Crippen LogP contribution in [-0.2, 0) is 30.4 Å². The molecule has 0 heterocycles. The number of methoxy groups -OCH3 is 1. The lowest BCUT2D eigenvalue weighted by Gasteiger charge is -2.29. The Labute approximate surface area is 165 Å². The maximum Gasteiger partial charge on any atom is 0.408 e. The first-order valence-corrected chi connectivity index (χ1v) is 8.96. The fourth-order valence-electron chi connectivity index (χ4n) is 2.13. The first kappa shape index (κ1) is 23.4. The molecule has 0 saturated carbocycles. The summed E-state index contributed by atoms with van der Waals surface area (Å²) in [6.07, 6.45) is -0.734. The molecule has 0 aromatic heterocycles. The number of benzene rings is 1. The lowest BCUT2D eigenvalue weighted by Crippen LogP contribution is -2.59. The number of hydrogen-bond acceptors (Lipinski definition) is 6. The molecule has 28 heavy (non-hydrogen) atoms. The van der Waals surface area contributed by atoms with E-state index >= 15 is 0 Å². The molecule has 8 heteroatoms. The van der Waals surface area contributed by atoms with Crippen molar-refractivity contribution >= 4 is 18.0 Å². The highest BCUT2D eigenvalue weighted by molar-refractivity contribution is 5.92. The van der Waals surface area contributed by atoms with Crippen LogP contribution in [0.5, 0.6) is 0 Å². The van der Waals surface area contributed by atoms with Crippen LogP contribution < -0.4 is 10.6 Å². The van der Waals surface area contributed by atoms with Crippen LogP contribution in [0.25, 0.3) is 0 Å². The molecule has 0 aliphatic carbocycles. The van der Waals surface area contributed by atoms with E-state index in [0.717, 1.165) is 5.56 Å². The molecule has 0 bridgehead atoms. The summed E-state index contributed by atoms with van der Waals surface area (Å²) in [5.41, 5.74) is -1.07. The zero-order chi connectivity index (χ0) is 21.4. The van der Waals surface area contributed by atoms with Crippen LogP contribution in [0.3, 0.4) is 0 Å². The number of alkyl carbamates (subject to hydrolysis) is 1. The number of nitrogens with one attached hydrogen (secondary N) is 2. The zero-order valence-electron chi connectivity index (χ0n) is 17.3. The van der Waals surface area contributed by atoms with E-state index in [4.69, 9.17) is 14.2 Å². The Morgan fingerprint density at radius 1 is 1.04 bits per heavy atom. The van der Waals surface area contributed by atoms with Crippen molar-refractivity contribution in [1.29, 1.82) is 0 Å². The van der Waals surface area contributed by atoms with Crippen LogP contribution in [0.4, 0.5) is 4.79 Å². The Bertz CT molecular complexity index is 667. The summed E-state index contributed by atoms with van der Waals surface area (Å²) in [5.74, 6) is -1.22. The van der Waals surface area contributed by atoms with Crippen LogP contribution in [0, 0.1) is 0 Å². The van der Waals surface area contributed by atoms with Gasteiger partial charge < -0.3 is 24.8 Å². The molecule has 0 unspecified atom stereocenters. The van der Waals surface area contributed by atoms with Crippen molar-refractivity contribution in [3.63, 3.8) is 0 Å². The van der Waals surface area contributed by atoms with Crippen LogP contribution >= 0.6 is 0 Å². The van der Waals surface area contributed by atoms with Gasteiger partial charge in [-0.05, 0) is 40.2 Å². The summed E-state index contributed by atoms with van der Waals surface area (Å²) in [7, 11) is 1.22. The topological polar surface area (TPSA) is 103 Å². The molecule has 156 valence electrons. The minimum Gasteiger partial charge on any atom is -0.467 e. The molecule has 1 atom stereocenters.